The van der Waals surface area contributed by atoms with E-state index in [0.29, 0.717) is 0 Å². The van der Waals surface area contributed by atoms with E-state index < -0.39 is 14.4 Å². The van der Waals surface area contributed by atoms with Crippen LogP contribution in [0.4, 0.5) is 0 Å². The molecule has 2 aliphatic carbocycles. The molecule has 0 nitrogen and oxygen atoms in total. The average Bonchev–Trinajstić information content (AvgIpc) is 4.05. The van der Waals surface area contributed by atoms with Gasteiger partial charge in [-0.2, -0.15) is 0 Å². The van der Waals surface area contributed by atoms with Gasteiger partial charge in [0.15, 0.2) is 0 Å². The molecule has 0 amide bonds. The van der Waals surface area contributed by atoms with E-state index in [0.717, 1.165) is 25.6 Å². The second-order valence-electron chi connectivity index (χ2n) is 20.0. The Labute approximate surface area is 262 Å². The van der Waals surface area contributed by atoms with E-state index in [-0.39, 0.29) is 7.92 Å². The van der Waals surface area contributed by atoms with Crippen LogP contribution >= 0.6 is 15.8 Å². The fraction of sp³-hybridized carbons (Fsp3) is 0.571. The summed E-state index contributed by atoms with van der Waals surface area (Å²) in [7, 11) is -0.395. The molecule has 0 aromatic heterocycles. The van der Waals surface area contributed by atoms with Gasteiger partial charge in [0.1, 0.15) is 0 Å². The van der Waals surface area contributed by atoms with Crippen LogP contribution in [0.25, 0.3) is 0 Å². The molecule has 234 valence electrons. The van der Waals surface area contributed by atoms with Crippen LogP contribution in [0.2, 0.25) is 42.8 Å². The van der Waals surface area contributed by atoms with Crippen molar-refractivity contribution in [2.24, 2.45) is 0 Å². The van der Waals surface area contributed by atoms with E-state index in [4.69, 9.17) is 0 Å². The summed E-state index contributed by atoms with van der Waals surface area (Å²) in [5.41, 5.74) is 5.34. The van der Waals surface area contributed by atoms with Gasteiger partial charge in [0.05, 0.1) is 0 Å². The summed E-state index contributed by atoms with van der Waals surface area (Å²) in [6.45, 7) is -0.758. The normalized spacial score (nSPS) is 59.8. The third kappa shape index (κ3) is 0.779. The van der Waals surface area contributed by atoms with Crippen LogP contribution in [0.1, 0.15) is 76.7 Å². The zero-order valence-electron chi connectivity index (χ0n) is 26.8. The molecular weight excluding hydrogens is 622 g/mol. The fourth-order valence-electron chi connectivity index (χ4n) is 25.2. The van der Waals surface area contributed by atoms with E-state index in [9.17, 15) is 0 Å². The van der Waals surface area contributed by atoms with Gasteiger partial charge in [0, 0.05) is 0 Å². The van der Waals surface area contributed by atoms with Crippen LogP contribution in [0.5, 0.6) is 0 Å². The van der Waals surface area contributed by atoms with Crippen LogP contribution in [-0.4, -0.2) is 17.0 Å². The first-order valence-electron chi connectivity index (χ1n) is 19.0. The van der Waals surface area contributed by atoms with E-state index in [1.165, 1.54) is 51.4 Å². The zero-order valence-corrected chi connectivity index (χ0v) is 29.6. The molecule has 12 aliphatic rings. The molecule has 0 bridgehead atoms. The number of rotatable bonds is 8. The van der Waals surface area contributed by atoms with Crippen molar-refractivity contribution in [3.63, 3.8) is 0 Å². The van der Waals surface area contributed by atoms with Crippen molar-refractivity contribution in [2.45, 2.75) is 135 Å². The number of hydrogen-bond acceptors (Lipinski definition) is 0. The second kappa shape index (κ2) is 4.43. The Balaban J connectivity index is 0.986. The molecule has 2 saturated carbocycles. The number of benzene rings is 3. The molecule has 3 heteroatoms. The minimum atomic E-state index is -3.78. The van der Waals surface area contributed by atoms with Gasteiger partial charge in [-0.05, 0) is 0 Å². The van der Waals surface area contributed by atoms with Gasteiger partial charge in [-0.15, -0.1) is 0 Å². The van der Waals surface area contributed by atoms with Gasteiger partial charge in [-0.3, -0.25) is 0 Å². The molecule has 0 N–H and O–H groups in total. The predicted molar refractivity (Wildman–Crippen MR) is 190 cm³/mol. The van der Waals surface area contributed by atoms with Crippen molar-refractivity contribution in [3.05, 3.63) is 90.5 Å². The van der Waals surface area contributed by atoms with Crippen molar-refractivity contribution in [3.8, 4) is 0 Å². The molecule has 10 saturated heterocycles. The van der Waals surface area contributed by atoms with Crippen LogP contribution in [0, 0.1) is 0 Å². The average molecular weight is 671 g/mol. The summed E-state index contributed by atoms with van der Waals surface area (Å²) in [5.74, 6) is 0. The van der Waals surface area contributed by atoms with Crippen LogP contribution in [-0.2, 0) is 10.8 Å². The summed E-state index contributed by atoms with van der Waals surface area (Å²) < 4.78 is 1.63. The van der Waals surface area contributed by atoms with Crippen LogP contribution in [0.3, 0.4) is 0 Å². The summed E-state index contributed by atoms with van der Waals surface area (Å²) in [5, 5.41) is 4.96. The first-order chi connectivity index (χ1) is 22.0. The van der Waals surface area contributed by atoms with Crippen LogP contribution < -0.4 is 15.9 Å². The van der Waals surface area contributed by atoms with Crippen molar-refractivity contribution in [1.29, 1.82) is 0 Å². The first kappa shape index (κ1) is 24.2. The van der Waals surface area contributed by atoms with Gasteiger partial charge in [-0.1, -0.05) is 0 Å². The maximum atomic E-state index is 3.03. The maximum absolute atomic E-state index is 3.78. The van der Waals surface area contributed by atoms with E-state index in [1.54, 1.807) is 62.0 Å². The van der Waals surface area contributed by atoms with Gasteiger partial charge < -0.3 is 0 Å². The molecule has 45 heavy (non-hydrogen) atoms. The number of fused-ring (bicyclic) bond motifs is 10. The Morgan fingerprint density at radius 2 is 1.07 bits per heavy atom. The molecule has 3 aromatic rings. The monoisotopic (exact) mass is 670 g/mol. The first-order valence-corrected chi connectivity index (χ1v) is 28.1. The molecule has 15 rings (SSSR count). The molecule has 4 unspecified atom stereocenters. The molecule has 12 fully saturated rings. The Hall–Kier alpha value is -0.961. The Morgan fingerprint density at radius 3 is 1.56 bits per heavy atom. The third-order valence-electron chi connectivity index (χ3n) is 23.6. The van der Waals surface area contributed by atoms with Gasteiger partial charge in [-0.25, -0.2) is 0 Å². The van der Waals surface area contributed by atoms with E-state index in [2.05, 4.69) is 91.9 Å². The standard InChI is InChI=1S/C37H43P2.C5H5.Fe/c1-29(38(30-17-6-2-7-18-30)31-19-8-3-9-20-31)34-26-16-27-35(34)36-25-14-15-28-37(36)39(32-21-10-4-11-22-32)33-23-12-5-13-24-33;1-2-4-5-3-1;/h4-5,10-16,21-31H,2-3,6-9,17-20H2,1H3;1-5H;/t29-;;/m0../s1. The third-order valence-corrected chi connectivity index (χ3v) is 73.6. The molecule has 0 radical (unpaired) electrons. The van der Waals surface area contributed by atoms with Crippen molar-refractivity contribution >= 4 is 31.8 Å². The Bertz CT molecular complexity index is 2150. The number of hydrogen-bond donors (Lipinski definition) is 0. The van der Waals surface area contributed by atoms with E-state index >= 15 is 0 Å². The zero-order chi connectivity index (χ0) is 29.1. The van der Waals surface area contributed by atoms with Crippen molar-refractivity contribution in [2.75, 3.05) is 0 Å². The molecule has 6 atom stereocenters. The Kier molecular flexibility index (Phi) is 2.38. The van der Waals surface area contributed by atoms with Crippen molar-refractivity contribution in [1.82, 2.24) is 0 Å². The minimum absolute atomic E-state index is 0.141. The van der Waals surface area contributed by atoms with Crippen LogP contribution in [0.15, 0.2) is 84.9 Å². The molecule has 10 aliphatic heterocycles. The van der Waals surface area contributed by atoms with Gasteiger partial charge in [0.25, 0.3) is 0 Å². The summed E-state index contributed by atoms with van der Waals surface area (Å²) in [6, 6.07) is 34.0. The Morgan fingerprint density at radius 1 is 0.578 bits per heavy atom. The van der Waals surface area contributed by atoms with Crippen molar-refractivity contribution < 1.29 is 6.51 Å². The topological polar surface area (TPSA) is 0 Å². The summed E-state index contributed by atoms with van der Waals surface area (Å²) in [4.78, 5) is 10.8. The molecular formula is C42H48FeP2. The van der Waals surface area contributed by atoms with Gasteiger partial charge >= 0.3 is 264 Å². The SMILES string of the molecule is C[C@H](P(C1CCCCC1)C1CCCCC1)[C@@]12[CH]3[CH]4[CH]5[C]1(c1ccccc1P(c1ccccc1)c1ccccc1)[Fe]45321678[CH]2[CH]1[CH]6[CH]7[CH]28. The van der Waals surface area contributed by atoms with Gasteiger partial charge in [0.2, 0.25) is 0 Å². The molecule has 10 heterocycles. The second-order valence-corrected chi connectivity index (χ2v) is 48.6. The predicted octanol–water partition coefficient (Wildman–Crippen LogP) is 11.1. The quantitative estimate of drug-likeness (QED) is 0.165. The molecule has 1 spiro atoms. The van der Waals surface area contributed by atoms with E-state index in [1.807, 2.05) is 10.9 Å². The summed E-state index contributed by atoms with van der Waals surface area (Å²) >= 11 is 0. The molecule has 3 aromatic carbocycles. The fourth-order valence-corrected chi connectivity index (χ4v) is 112. The summed E-state index contributed by atoms with van der Waals surface area (Å²) in [6.07, 6.45) is 15.7.